The van der Waals surface area contributed by atoms with Crippen LogP contribution >= 0.6 is 11.3 Å². The van der Waals surface area contributed by atoms with Crippen LogP contribution < -0.4 is 16.4 Å². The molecule has 1 aromatic carbocycles. The second kappa shape index (κ2) is 11.4. The van der Waals surface area contributed by atoms with Crippen molar-refractivity contribution in [3.63, 3.8) is 0 Å². The Morgan fingerprint density at radius 2 is 2.10 bits per heavy atom. The van der Waals surface area contributed by atoms with E-state index in [1.165, 1.54) is 11.3 Å². The third-order valence-corrected chi connectivity index (χ3v) is 5.81. The van der Waals surface area contributed by atoms with Gasteiger partial charge in [0.25, 0.3) is 5.91 Å². The van der Waals surface area contributed by atoms with Gasteiger partial charge in [-0.25, -0.2) is 4.98 Å². The van der Waals surface area contributed by atoms with Crippen molar-refractivity contribution in [3.8, 4) is 11.3 Å². The van der Waals surface area contributed by atoms with Crippen molar-refractivity contribution in [2.75, 3.05) is 7.05 Å². The van der Waals surface area contributed by atoms with E-state index >= 15 is 0 Å². The lowest BCUT2D eigenvalue weighted by Gasteiger charge is -2.16. The van der Waals surface area contributed by atoms with Crippen LogP contribution in [0.2, 0.25) is 0 Å². The summed E-state index contributed by atoms with van der Waals surface area (Å²) < 4.78 is 0. The monoisotopic (exact) mass is 440 g/mol. The number of imidazole rings is 1. The third-order valence-electron chi connectivity index (χ3n) is 5.04. The predicted molar refractivity (Wildman–Crippen MR) is 121 cm³/mol. The molecule has 0 aliphatic carbocycles. The van der Waals surface area contributed by atoms with Crippen LogP contribution in [0, 0.1) is 0 Å². The number of benzene rings is 1. The number of carbonyl (C=O) groups is 2. The lowest BCUT2D eigenvalue weighted by molar-refractivity contribution is -0.120. The van der Waals surface area contributed by atoms with Crippen LogP contribution in [0.15, 0.2) is 42.2 Å². The first-order valence-electron chi connectivity index (χ1n) is 10.3. The highest BCUT2D eigenvalue weighted by Gasteiger charge is 2.20. The molecule has 31 heavy (non-hydrogen) atoms. The number of H-pyrrole nitrogens is 1. The highest BCUT2D eigenvalue weighted by Crippen LogP contribution is 2.24. The first kappa shape index (κ1) is 22.6. The van der Waals surface area contributed by atoms with E-state index in [0.29, 0.717) is 30.1 Å². The van der Waals surface area contributed by atoms with Gasteiger partial charge in [-0.2, -0.15) is 0 Å². The van der Waals surface area contributed by atoms with Crippen molar-refractivity contribution in [1.82, 2.24) is 25.6 Å². The highest BCUT2D eigenvalue weighted by molar-refractivity contribution is 7.11. The van der Waals surface area contributed by atoms with Crippen LogP contribution in [-0.4, -0.2) is 33.8 Å². The quantitative estimate of drug-likeness (QED) is 0.341. The van der Waals surface area contributed by atoms with Crippen molar-refractivity contribution in [2.24, 2.45) is 5.73 Å². The molecule has 3 rings (SSSR count). The minimum atomic E-state index is -0.263. The molecule has 1 unspecified atom stereocenters. The van der Waals surface area contributed by atoms with Gasteiger partial charge < -0.3 is 21.4 Å². The van der Waals surface area contributed by atoms with Crippen molar-refractivity contribution < 1.29 is 9.59 Å². The van der Waals surface area contributed by atoms with Gasteiger partial charge in [-0.3, -0.25) is 14.6 Å². The Morgan fingerprint density at radius 1 is 1.23 bits per heavy atom. The van der Waals surface area contributed by atoms with Gasteiger partial charge in [0.1, 0.15) is 10.7 Å². The number of rotatable bonds is 11. The van der Waals surface area contributed by atoms with E-state index in [2.05, 4.69) is 25.6 Å². The Morgan fingerprint density at radius 3 is 2.84 bits per heavy atom. The fourth-order valence-corrected chi connectivity index (χ4v) is 3.82. The Hall–Kier alpha value is -3.04. The molecule has 0 bridgehead atoms. The summed E-state index contributed by atoms with van der Waals surface area (Å²) in [6, 6.07) is 7.72. The number of carbonyl (C=O) groups excluding carboxylic acids is 2. The number of aromatic nitrogens is 3. The van der Waals surface area contributed by atoms with Gasteiger partial charge in [0, 0.05) is 20.0 Å². The molecule has 0 radical (unpaired) electrons. The standard InChI is InChI=1S/C22H28N6O2S/c1-24-20(29)9-4-2-3-8-17(28-22(30)19-13-25-14-31-19)21-26-12-18(27-21)16-7-5-6-15(10-16)11-23/h5-7,10,12-14,17H,2-4,8-9,11,23H2,1H3,(H,24,29)(H,26,27)(H,28,30). The van der Waals surface area contributed by atoms with Crippen LogP contribution in [0.3, 0.4) is 0 Å². The minimum absolute atomic E-state index is 0.0467. The summed E-state index contributed by atoms with van der Waals surface area (Å²) in [5.41, 5.74) is 10.3. The fourth-order valence-electron chi connectivity index (χ4n) is 3.30. The molecule has 2 heterocycles. The molecule has 0 saturated carbocycles. The lowest BCUT2D eigenvalue weighted by Crippen LogP contribution is -2.28. The molecular formula is C22H28N6O2S. The molecule has 2 amide bonds. The van der Waals surface area contributed by atoms with Gasteiger partial charge in [0.2, 0.25) is 5.91 Å². The topological polar surface area (TPSA) is 126 Å². The normalized spacial score (nSPS) is 11.8. The maximum absolute atomic E-state index is 12.6. The zero-order valence-electron chi connectivity index (χ0n) is 17.6. The number of unbranched alkanes of at least 4 members (excludes halogenated alkanes) is 2. The smallest absolute Gasteiger partial charge is 0.263 e. The van der Waals surface area contributed by atoms with Gasteiger partial charge in [-0.05, 0) is 30.0 Å². The molecule has 3 aromatic rings. The predicted octanol–water partition coefficient (Wildman–Crippen LogP) is 3.16. The number of nitrogens with zero attached hydrogens (tertiary/aromatic N) is 2. The summed E-state index contributed by atoms with van der Waals surface area (Å²) in [7, 11) is 1.64. The molecule has 9 heteroatoms. The maximum atomic E-state index is 12.6. The largest absolute Gasteiger partial charge is 0.359 e. The Kier molecular flexibility index (Phi) is 8.31. The first-order chi connectivity index (χ1) is 15.1. The molecule has 0 aliphatic rings. The van der Waals surface area contributed by atoms with E-state index in [0.717, 1.165) is 36.1 Å². The van der Waals surface area contributed by atoms with Crippen LogP contribution in [0.4, 0.5) is 0 Å². The van der Waals surface area contributed by atoms with E-state index < -0.39 is 0 Å². The summed E-state index contributed by atoms with van der Waals surface area (Å²) in [5.74, 6) is 0.587. The van der Waals surface area contributed by atoms with Crippen molar-refractivity contribution in [2.45, 2.75) is 44.7 Å². The van der Waals surface area contributed by atoms with Crippen LogP contribution in [-0.2, 0) is 11.3 Å². The van der Waals surface area contributed by atoms with Crippen LogP contribution in [0.1, 0.15) is 59.2 Å². The van der Waals surface area contributed by atoms with Crippen molar-refractivity contribution in [1.29, 1.82) is 0 Å². The number of nitrogens with one attached hydrogen (secondary N) is 3. The SMILES string of the molecule is CNC(=O)CCCCCC(NC(=O)c1cncs1)c1ncc(-c2cccc(CN)c2)[nH]1. The molecule has 1 atom stereocenters. The second-order valence-electron chi connectivity index (χ2n) is 7.25. The number of hydrogen-bond donors (Lipinski definition) is 4. The van der Waals surface area contributed by atoms with Crippen molar-refractivity contribution in [3.05, 3.63) is 58.4 Å². The first-order valence-corrected chi connectivity index (χ1v) is 11.2. The minimum Gasteiger partial charge on any atom is -0.359 e. The maximum Gasteiger partial charge on any atom is 0.263 e. The second-order valence-corrected chi connectivity index (χ2v) is 8.14. The van der Waals surface area contributed by atoms with Gasteiger partial charge in [0.15, 0.2) is 0 Å². The average Bonchev–Trinajstić information content (AvgIpc) is 3.50. The lowest BCUT2D eigenvalue weighted by atomic mass is 10.1. The average molecular weight is 441 g/mol. The Bertz CT molecular complexity index is 986. The summed E-state index contributed by atoms with van der Waals surface area (Å²) in [4.78, 5) is 36.5. The number of thiazole rings is 1. The Labute approximate surface area is 185 Å². The number of nitrogens with two attached hydrogens (primary N) is 1. The van der Waals surface area contributed by atoms with Crippen molar-refractivity contribution >= 4 is 23.2 Å². The third kappa shape index (κ3) is 6.47. The highest BCUT2D eigenvalue weighted by atomic mass is 32.1. The summed E-state index contributed by atoms with van der Waals surface area (Å²) in [6.45, 7) is 0.471. The molecule has 8 nitrogen and oxygen atoms in total. The van der Waals surface area contributed by atoms with E-state index in [9.17, 15) is 9.59 Å². The fraction of sp³-hybridized carbons (Fsp3) is 0.364. The van der Waals surface area contributed by atoms with E-state index in [4.69, 9.17) is 5.73 Å². The van der Waals surface area contributed by atoms with Gasteiger partial charge in [-0.1, -0.05) is 31.0 Å². The van der Waals surface area contributed by atoms with E-state index in [1.54, 1.807) is 25.0 Å². The molecule has 0 saturated heterocycles. The van der Waals surface area contributed by atoms with E-state index in [-0.39, 0.29) is 17.9 Å². The van der Waals surface area contributed by atoms with Gasteiger partial charge in [-0.15, -0.1) is 11.3 Å². The molecule has 164 valence electrons. The molecule has 0 aliphatic heterocycles. The zero-order valence-corrected chi connectivity index (χ0v) is 18.4. The number of hydrogen-bond acceptors (Lipinski definition) is 6. The molecule has 2 aromatic heterocycles. The summed E-state index contributed by atoms with van der Waals surface area (Å²) in [5, 5.41) is 5.71. The summed E-state index contributed by atoms with van der Waals surface area (Å²) in [6.07, 6.45) is 7.14. The summed E-state index contributed by atoms with van der Waals surface area (Å²) >= 11 is 1.30. The number of aromatic amines is 1. The van der Waals surface area contributed by atoms with Gasteiger partial charge in [0.05, 0.1) is 29.6 Å². The van der Waals surface area contributed by atoms with Crippen LogP contribution in [0.25, 0.3) is 11.3 Å². The number of amides is 2. The molecule has 0 fully saturated rings. The van der Waals surface area contributed by atoms with Crippen LogP contribution in [0.5, 0.6) is 0 Å². The van der Waals surface area contributed by atoms with Gasteiger partial charge >= 0.3 is 0 Å². The molecule has 5 N–H and O–H groups in total. The molecule has 0 spiro atoms. The molecular weight excluding hydrogens is 412 g/mol. The Balaban J connectivity index is 1.70. The van der Waals surface area contributed by atoms with E-state index in [1.807, 2.05) is 24.3 Å². The zero-order chi connectivity index (χ0) is 22.1.